The van der Waals surface area contributed by atoms with Gasteiger partial charge in [-0.3, -0.25) is 0 Å². The lowest BCUT2D eigenvalue weighted by atomic mass is 9.85. The molecule has 0 radical (unpaired) electrons. The molecule has 108 valence electrons. The Kier molecular flexibility index (Phi) is 3.86. The van der Waals surface area contributed by atoms with Crippen LogP contribution in [0.4, 0.5) is 0 Å². The summed E-state index contributed by atoms with van der Waals surface area (Å²) >= 11 is 0. The van der Waals surface area contributed by atoms with Crippen molar-refractivity contribution < 1.29 is 9.15 Å². The van der Waals surface area contributed by atoms with E-state index in [2.05, 4.69) is 31.8 Å². The fourth-order valence-corrected chi connectivity index (χ4v) is 2.25. The first kappa shape index (κ1) is 14.6. The van der Waals surface area contributed by atoms with Gasteiger partial charge in [-0.15, -0.1) is 0 Å². The highest BCUT2D eigenvalue weighted by Gasteiger charge is 2.21. The van der Waals surface area contributed by atoms with Crippen LogP contribution in [0.15, 0.2) is 22.6 Å². The molecule has 0 bridgehead atoms. The third kappa shape index (κ3) is 2.70. The van der Waals surface area contributed by atoms with Gasteiger partial charge in [0.05, 0.1) is 13.7 Å². The lowest BCUT2D eigenvalue weighted by Crippen LogP contribution is -2.13. The van der Waals surface area contributed by atoms with Gasteiger partial charge in [-0.1, -0.05) is 20.8 Å². The second-order valence-electron chi connectivity index (χ2n) is 5.88. The summed E-state index contributed by atoms with van der Waals surface area (Å²) in [5.41, 5.74) is 8.59. The number of aromatic nitrogens is 1. The highest BCUT2D eigenvalue weighted by Crippen LogP contribution is 2.35. The zero-order valence-electron chi connectivity index (χ0n) is 12.8. The number of hydrogen-bond acceptors (Lipinski definition) is 4. The summed E-state index contributed by atoms with van der Waals surface area (Å²) in [6.07, 6.45) is 0. The average molecular weight is 274 g/mol. The fraction of sp³-hybridized carbons (Fsp3) is 0.438. The highest BCUT2D eigenvalue weighted by molar-refractivity contribution is 5.64. The van der Waals surface area contributed by atoms with Crippen molar-refractivity contribution >= 4 is 0 Å². The van der Waals surface area contributed by atoms with Gasteiger partial charge in [0, 0.05) is 11.1 Å². The summed E-state index contributed by atoms with van der Waals surface area (Å²) in [7, 11) is 1.69. The van der Waals surface area contributed by atoms with Crippen LogP contribution in [0, 0.1) is 6.92 Å². The highest BCUT2D eigenvalue weighted by atomic mass is 16.5. The number of ether oxygens (including phenoxy) is 1. The Morgan fingerprint density at radius 1 is 1.30 bits per heavy atom. The molecule has 0 unspecified atom stereocenters. The third-order valence-electron chi connectivity index (χ3n) is 3.30. The van der Waals surface area contributed by atoms with E-state index >= 15 is 0 Å². The van der Waals surface area contributed by atoms with E-state index in [0.29, 0.717) is 12.4 Å². The summed E-state index contributed by atoms with van der Waals surface area (Å²) in [6, 6.07) is 6.09. The monoisotopic (exact) mass is 274 g/mol. The van der Waals surface area contributed by atoms with Crippen LogP contribution in [-0.4, -0.2) is 12.1 Å². The topological polar surface area (TPSA) is 61.3 Å². The molecule has 4 heteroatoms. The van der Waals surface area contributed by atoms with Gasteiger partial charge in [0.1, 0.15) is 17.2 Å². The van der Waals surface area contributed by atoms with Crippen molar-refractivity contribution in [3.8, 4) is 17.0 Å². The lowest BCUT2D eigenvalue weighted by Gasteiger charge is -2.22. The van der Waals surface area contributed by atoms with Crippen molar-refractivity contribution in [2.75, 3.05) is 7.11 Å². The molecule has 2 N–H and O–H groups in total. The molecule has 2 aromatic rings. The predicted octanol–water partition coefficient (Wildman–Crippen LogP) is 3.41. The number of nitrogens with two attached hydrogens (primary N) is 1. The van der Waals surface area contributed by atoms with Crippen molar-refractivity contribution in [1.82, 2.24) is 4.98 Å². The van der Waals surface area contributed by atoms with Crippen LogP contribution in [0.1, 0.15) is 38.0 Å². The molecule has 0 saturated carbocycles. The first-order valence-electron chi connectivity index (χ1n) is 6.72. The van der Waals surface area contributed by atoms with Gasteiger partial charge >= 0.3 is 0 Å². The molecule has 1 aromatic carbocycles. The Bertz CT molecular complexity index is 609. The Hall–Kier alpha value is -1.81. The SMILES string of the molecule is COc1ccc(-c2nc(CN)oc2C)cc1C(C)(C)C. The van der Waals surface area contributed by atoms with E-state index in [-0.39, 0.29) is 5.41 Å². The van der Waals surface area contributed by atoms with Crippen LogP contribution in [0.5, 0.6) is 5.75 Å². The molecule has 0 aliphatic rings. The standard InChI is InChI=1S/C16H22N2O2/c1-10-15(18-14(9-17)20-10)11-6-7-13(19-5)12(8-11)16(2,3)4/h6-8H,9,17H2,1-5H3. The van der Waals surface area contributed by atoms with Gasteiger partial charge in [-0.2, -0.15) is 0 Å². The van der Waals surface area contributed by atoms with Crippen LogP contribution in [0.3, 0.4) is 0 Å². The van der Waals surface area contributed by atoms with E-state index in [4.69, 9.17) is 14.9 Å². The Balaban J connectivity index is 2.55. The van der Waals surface area contributed by atoms with Crippen LogP contribution in [0.2, 0.25) is 0 Å². The van der Waals surface area contributed by atoms with E-state index in [1.54, 1.807) is 7.11 Å². The number of methoxy groups -OCH3 is 1. The first-order chi connectivity index (χ1) is 9.36. The van der Waals surface area contributed by atoms with Gasteiger partial charge in [0.15, 0.2) is 0 Å². The predicted molar refractivity (Wildman–Crippen MR) is 79.8 cm³/mol. The summed E-state index contributed by atoms with van der Waals surface area (Å²) in [4.78, 5) is 4.44. The van der Waals surface area contributed by atoms with Crippen molar-refractivity contribution in [3.63, 3.8) is 0 Å². The molecule has 20 heavy (non-hydrogen) atoms. The van der Waals surface area contributed by atoms with Gasteiger partial charge in [-0.25, -0.2) is 4.98 Å². The van der Waals surface area contributed by atoms with Crippen LogP contribution in [-0.2, 0) is 12.0 Å². The minimum absolute atomic E-state index is 0.00427. The van der Waals surface area contributed by atoms with E-state index in [0.717, 1.165) is 28.3 Å². The van der Waals surface area contributed by atoms with Crippen LogP contribution in [0.25, 0.3) is 11.3 Å². The van der Waals surface area contributed by atoms with E-state index in [1.807, 2.05) is 19.1 Å². The molecular weight excluding hydrogens is 252 g/mol. The Morgan fingerprint density at radius 2 is 2.00 bits per heavy atom. The number of oxazole rings is 1. The number of rotatable bonds is 3. The van der Waals surface area contributed by atoms with Gasteiger partial charge in [0.2, 0.25) is 5.89 Å². The average Bonchev–Trinajstić information content (AvgIpc) is 2.78. The summed E-state index contributed by atoms with van der Waals surface area (Å²) < 4.78 is 11.0. The molecule has 4 nitrogen and oxygen atoms in total. The molecule has 1 heterocycles. The molecule has 2 rings (SSSR count). The molecule has 0 amide bonds. The maximum atomic E-state index is 5.58. The number of nitrogens with zero attached hydrogens (tertiary/aromatic N) is 1. The Labute approximate surface area is 120 Å². The van der Waals surface area contributed by atoms with Crippen molar-refractivity contribution in [3.05, 3.63) is 35.4 Å². The third-order valence-corrected chi connectivity index (χ3v) is 3.30. The Morgan fingerprint density at radius 3 is 2.50 bits per heavy atom. The molecule has 0 atom stereocenters. The molecule has 0 spiro atoms. The van der Waals surface area contributed by atoms with Crippen molar-refractivity contribution in [1.29, 1.82) is 0 Å². The first-order valence-corrected chi connectivity index (χ1v) is 6.72. The minimum Gasteiger partial charge on any atom is -0.496 e. The largest absolute Gasteiger partial charge is 0.496 e. The summed E-state index contributed by atoms with van der Waals surface area (Å²) in [5, 5.41) is 0. The maximum Gasteiger partial charge on any atom is 0.208 e. The molecule has 1 aromatic heterocycles. The number of aryl methyl sites for hydroxylation is 1. The lowest BCUT2D eigenvalue weighted by molar-refractivity contribution is 0.397. The van der Waals surface area contributed by atoms with E-state index in [9.17, 15) is 0 Å². The molecule has 0 fully saturated rings. The minimum atomic E-state index is -0.00427. The number of benzene rings is 1. The molecule has 0 saturated heterocycles. The molecule has 0 aliphatic carbocycles. The normalized spacial score (nSPS) is 11.7. The van der Waals surface area contributed by atoms with Crippen molar-refractivity contribution in [2.24, 2.45) is 5.73 Å². The number of hydrogen-bond donors (Lipinski definition) is 1. The zero-order chi connectivity index (χ0) is 14.9. The second kappa shape index (κ2) is 5.29. The molecular formula is C16H22N2O2. The van der Waals surface area contributed by atoms with Crippen molar-refractivity contribution in [2.45, 2.75) is 39.7 Å². The van der Waals surface area contributed by atoms with Gasteiger partial charge in [0.25, 0.3) is 0 Å². The van der Waals surface area contributed by atoms with Crippen LogP contribution < -0.4 is 10.5 Å². The summed E-state index contributed by atoms with van der Waals surface area (Å²) in [5.74, 6) is 2.24. The van der Waals surface area contributed by atoms with Crippen LogP contribution >= 0.6 is 0 Å². The van der Waals surface area contributed by atoms with E-state index in [1.165, 1.54) is 0 Å². The van der Waals surface area contributed by atoms with E-state index < -0.39 is 0 Å². The zero-order valence-corrected chi connectivity index (χ0v) is 12.8. The second-order valence-corrected chi connectivity index (χ2v) is 5.88. The fourth-order valence-electron chi connectivity index (χ4n) is 2.25. The quantitative estimate of drug-likeness (QED) is 0.931. The van der Waals surface area contributed by atoms with Gasteiger partial charge in [-0.05, 0) is 30.5 Å². The molecule has 0 aliphatic heterocycles. The van der Waals surface area contributed by atoms with Gasteiger partial charge < -0.3 is 14.9 Å². The maximum absolute atomic E-state index is 5.58. The smallest absolute Gasteiger partial charge is 0.208 e. The summed E-state index contributed by atoms with van der Waals surface area (Å²) in [6.45, 7) is 8.70.